The first kappa shape index (κ1) is 24.3. The largest absolute Gasteiger partial charge is 0.462 e. The zero-order chi connectivity index (χ0) is 22.9. The summed E-state index contributed by atoms with van der Waals surface area (Å²) in [4.78, 5) is 38.5. The Morgan fingerprint density at radius 2 is 1.91 bits per heavy atom. The van der Waals surface area contributed by atoms with Crippen LogP contribution in [0.3, 0.4) is 0 Å². The molecule has 1 fully saturated rings. The molecule has 0 radical (unpaired) electrons. The number of carbonyl (C=O) groups is 3. The third-order valence-electron chi connectivity index (χ3n) is 5.42. The molecular weight excluding hydrogens is 444 g/mol. The van der Waals surface area contributed by atoms with Gasteiger partial charge < -0.3 is 15.4 Å². The second-order valence-electron chi connectivity index (χ2n) is 7.89. The fraction of sp³-hybridized carbons (Fsp3) is 0.458. The average molecular weight is 475 g/mol. The standard InChI is InChI=1S/C24H30N2O4S2/c1-3-30-24(29)22-16(2)13-21(32-22)26-23(28)18-11-7-8-12-19(18)31-15-20(27)25-14-17-9-5-4-6-10-17/h7-8,11-13,17H,3-6,9-10,14-15H2,1-2H3,(H,25,27)(H,26,28). The molecule has 2 aromatic rings. The summed E-state index contributed by atoms with van der Waals surface area (Å²) in [5.41, 5.74) is 1.27. The van der Waals surface area contributed by atoms with Crippen molar-refractivity contribution in [3.63, 3.8) is 0 Å². The number of carbonyl (C=O) groups excluding carboxylic acids is 3. The number of esters is 1. The van der Waals surface area contributed by atoms with E-state index < -0.39 is 0 Å². The van der Waals surface area contributed by atoms with E-state index >= 15 is 0 Å². The summed E-state index contributed by atoms with van der Waals surface area (Å²) in [5, 5.41) is 6.49. The smallest absolute Gasteiger partial charge is 0.348 e. The van der Waals surface area contributed by atoms with Crippen molar-refractivity contribution in [3.05, 3.63) is 46.3 Å². The first-order valence-corrected chi connectivity index (χ1v) is 12.9. The molecular formula is C24H30N2O4S2. The number of hydrogen-bond donors (Lipinski definition) is 2. The second kappa shape index (κ2) is 12.1. The van der Waals surface area contributed by atoms with Crippen molar-refractivity contribution in [2.24, 2.45) is 5.92 Å². The van der Waals surface area contributed by atoms with Gasteiger partial charge in [0.05, 0.1) is 22.9 Å². The van der Waals surface area contributed by atoms with E-state index in [2.05, 4.69) is 10.6 Å². The lowest BCUT2D eigenvalue weighted by molar-refractivity contribution is -0.118. The number of amides is 2. The number of hydrogen-bond acceptors (Lipinski definition) is 6. The third-order valence-corrected chi connectivity index (χ3v) is 7.62. The maximum Gasteiger partial charge on any atom is 0.348 e. The van der Waals surface area contributed by atoms with Gasteiger partial charge in [-0.25, -0.2) is 4.79 Å². The molecule has 1 aromatic heterocycles. The van der Waals surface area contributed by atoms with Gasteiger partial charge in [-0.2, -0.15) is 0 Å². The monoisotopic (exact) mass is 474 g/mol. The van der Waals surface area contributed by atoms with Gasteiger partial charge in [0.25, 0.3) is 5.91 Å². The van der Waals surface area contributed by atoms with Crippen LogP contribution in [-0.2, 0) is 9.53 Å². The highest BCUT2D eigenvalue weighted by molar-refractivity contribution is 8.00. The van der Waals surface area contributed by atoms with Gasteiger partial charge in [-0.05, 0) is 56.4 Å². The first-order chi connectivity index (χ1) is 15.5. The maximum atomic E-state index is 12.9. The topological polar surface area (TPSA) is 84.5 Å². The van der Waals surface area contributed by atoms with Crippen molar-refractivity contribution in [1.29, 1.82) is 0 Å². The van der Waals surface area contributed by atoms with Crippen LogP contribution in [-0.4, -0.2) is 36.7 Å². The molecule has 172 valence electrons. The predicted molar refractivity (Wildman–Crippen MR) is 130 cm³/mol. The van der Waals surface area contributed by atoms with E-state index in [1.165, 1.54) is 55.2 Å². The van der Waals surface area contributed by atoms with Gasteiger partial charge in [0.15, 0.2) is 0 Å². The summed E-state index contributed by atoms with van der Waals surface area (Å²) < 4.78 is 5.06. The fourth-order valence-electron chi connectivity index (χ4n) is 3.75. The molecule has 2 amide bonds. The summed E-state index contributed by atoms with van der Waals surface area (Å²) in [6.07, 6.45) is 6.19. The highest BCUT2D eigenvalue weighted by Crippen LogP contribution is 2.29. The number of thioether (sulfide) groups is 1. The maximum absolute atomic E-state index is 12.9. The van der Waals surface area contributed by atoms with Gasteiger partial charge in [-0.15, -0.1) is 23.1 Å². The molecule has 1 saturated carbocycles. The fourth-order valence-corrected chi connectivity index (χ4v) is 5.59. The van der Waals surface area contributed by atoms with Crippen LogP contribution in [0, 0.1) is 12.8 Å². The van der Waals surface area contributed by atoms with E-state index in [0.29, 0.717) is 28.0 Å². The van der Waals surface area contributed by atoms with Gasteiger partial charge in [0.2, 0.25) is 5.91 Å². The minimum absolute atomic E-state index is 0.0104. The Kier molecular flexibility index (Phi) is 9.17. The van der Waals surface area contributed by atoms with Crippen LogP contribution in [0.25, 0.3) is 0 Å². The number of thiophene rings is 1. The molecule has 1 aromatic carbocycles. The van der Waals surface area contributed by atoms with Crippen molar-refractivity contribution in [1.82, 2.24) is 5.32 Å². The highest BCUT2D eigenvalue weighted by atomic mass is 32.2. The average Bonchev–Trinajstić information content (AvgIpc) is 3.17. The molecule has 1 heterocycles. The number of ether oxygens (including phenoxy) is 1. The van der Waals surface area contributed by atoms with Crippen LogP contribution in [0.2, 0.25) is 0 Å². The minimum atomic E-state index is -0.384. The predicted octanol–water partition coefficient (Wildman–Crippen LogP) is 5.27. The molecule has 1 aliphatic rings. The molecule has 8 heteroatoms. The number of benzene rings is 1. The van der Waals surface area contributed by atoms with Crippen molar-refractivity contribution in [3.8, 4) is 0 Å². The van der Waals surface area contributed by atoms with E-state index in [0.717, 1.165) is 17.0 Å². The van der Waals surface area contributed by atoms with E-state index in [1.54, 1.807) is 25.1 Å². The van der Waals surface area contributed by atoms with Gasteiger partial charge in [0.1, 0.15) is 4.88 Å². The first-order valence-electron chi connectivity index (χ1n) is 11.0. The summed E-state index contributed by atoms with van der Waals surface area (Å²) in [5.74, 6) is 0.189. The SMILES string of the molecule is CCOC(=O)c1sc(NC(=O)c2ccccc2SCC(=O)NCC2CCCCC2)cc1C. The van der Waals surface area contributed by atoms with Crippen molar-refractivity contribution < 1.29 is 19.1 Å². The summed E-state index contributed by atoms with van der Waals surface area (Å²) in [7, 11) is 0. The van der Waals surface area contributed by atoms with Crippen molar-refractivity contribution in [2.75, 3.05) is 24.2 Å². The van der Waals surface area contributed by atoms with E-state index in [1.807, 2.05) is 19.1 Å². The molecule has 0 spiro atoms. The molecule has 0 atom stereocenters. The van der Waals surface area contributed by atoms with Crippen LogP contribution in [0.15, 0.2) is 35.2 Å². The molecule has 32 heavy (non-hydrogen) atoms. The minimum Gasteiger partial charge on any atom is -0.462 e. The molecule has 0 saturated heterocycles. The Hall–Kier alpha value is -2.32. The molecule has 1 aliphatic carbocycles. The lowest BCUT2D eigenvalue weighted by Crippen LogP contribution is -2.31. The Morgan fingerprint density at radius 3 is 2.66 bits per heavy atom. The molecule has 2 N–H and O–H groups in total. The van der Waals surface area contributed by atoms with Crippen LogP contribution in [0.4, 0.5) is 5.00 Å². The molecule has 6 nitrogen and oxygen atoms in total. The zero-order valence-electron chi connectivity index (χ0n) is 18.6. The van der Waals surface area contributed by atoms with Crippen molar-refractivity contribution >= 4 is 45.9 Å². The van der Waals surface area contributed by atoms with E-state index in [4.69, 9.17) is 4.74 Å². The number of anilines is 1. The number of aryl methyl sites for hydroxylation is 1. The lowest BCUT2D eigenvalue weighted by atomic mass is 9.89. The van der Waals surface area contributed by atoms with Crippen LogP contribution >= 0.6 is 23.1 Å². The van der Waals surface area contributed by atoms with Gasteiger partial charge in [-0.1, -0.05) is 31.4 Å². The quantitative estimate of drug-likeness (QED) is 0.382. The van der Waals surface area contributed by atoms with E-state index in [-0.39, 0.29) is 23.5 Å². The third kappa shape index (κ3) is 6.84. The summed E-state index contributed by atoms with van der Waals surface area (Å²) in [6, 6.07) is 9.00. The summed E-state index contributed by atoms with van der Waals surface area (Å²) >= 11 is 2.55. The van der Waals surface area contributed by atoms with Crippen LogP contribution in [0.5, 0.6) is 0 Å². The Morgan fingerprint density at radius 1 is 1.16 bits per heavy atom. The number of nitrogens with one attached hydrogen (secondary N) is 2. The molecule has 0 aliphatic heterocycles. The van der Waals surface area contributed by atoms with Crippen LogP contribution in [0.1, 0.15) is 64.6 Å². The molecule has 3 rings (SSSR count). The van der Waals surface area contributed by atoms with Crippen LogP contribution < -0.4 is 10.6 Å². The highest BCUT2D eigenvalue weighted by Gasteiger charge is 2.19. The number of rotatable bonds is 9. The Balaban J connectivity index is 1.57. The summed E-state index contributed by atoms with van der Waals surface area (Å²) in [6.45, 7) is 4.61. The zero-order valence-corrected chi connectivity index (χ0v) is 20.2. The van der Waals surface area contributed by atoms with E-state index in [9.17, 15) is 14.4 Å². The molecule has 0 bridgehead atoms. The van der Waals surface area contributed by atoms with Gasteiger partial charge >= 0.3 is 5.97 Å². The van der Waals surface area contributed by atoms with Gasteiger partial charge in [0, 0.05) is 11.4 Å². The van der Waals surface area contributed by atoms with Crippen molar-refractivity contribution in [2.45, 2.75) is 50.8 Å². The van der Waals surface area contributed by atoms with Gasteiger partial charge in [-0.3, -0.25) is 9.59 Å². The normalized spacial score (nSPS) is 14.1. The Bertz CT molecular complexity index is 951. The molecule has 0 unspecified atom stereocenters. The second-order valence-corrected chi connectivity index (χ2v) is 9.96. The lowest BCUT2D eigenvalue weighted by Gasteiger charge is -2.21. The Labute approximate surface area is 197 Å².